The molecule has 23 heavy (non-hydrogen) atoms. The number of piperidine rings is 1. The van der Waals surface area contributed by atoms with Gasteiger partial charge in [0.05, 0.1) is 7.11 Å². The van der Waals surface area contributed by atoms with Gasteiger partial charge in [0, 0.05) is 25.5 Å². The predicted molar refractivity (Wildman–Crippen MR) is 91.5 cm³/mol. The number of hydrogen-bond donors (Lipinski definition) is 1. The lowest BCUT2D eigenvalue weighted by Gasteiger charge is -2.32. The van der Waals surface area contributed by atoms with Crippen LogP contribution in [0.2, 0.25) is 0 Å². The standard InChI is InChI=1S/C18H24N4O/c1-23-17-5-3-16(4-6-17)14-22-11-7-15(8-12-22)13-21-18-19-9-2-10-20-18/h2-6,9-10,15H,7-8,11-14H2,1H3,(H,19,20,21). The van der Waals surface area contributed by atoms with Crippen LogP contribution in [-0.4, -0.2) is 41.6 Å². The number of aromatic nitrogens is 2. The van der Waals surface area contributed by atoms with E-state index in [0.717, 1.165) is 37.9 Å². The van der Waals surface area contributed by atoms with E-state index in [2.05, 4.69) is 32.3 Å². The molecule has 2 heterocycles. The summed E-state index contributed by atoms with van der Waals surface area (Å²) in [6.07, 6.45) is 5.98. The van der Waals surface area contributed by atoms with Crippen molar-refractivity contribution < 1.29 is 4.74 Å². The molecule has 1 aromatic carbocycles. The molecular formula is C18H24N4O. The van der Waals surface area contributed by atoms with Crippen molar-refractivity contribution in [1.82, 2.24) is 14.9 Å². The Balaban J connectivity index is 1.41. The first-order valence-electron chi connectivity index (χ1n) is 8.19. The molecule has 0 spiro atoms. The zero-order valence-corrected chi connectivity index (χ0v) is 13.6. The fourth-order valence-electron chi connectivity index (χ4n) is 2.96. The van der Waals surface area contributed by atoms with Crippen LogP contribution < -0.4 is 10.1 Å². The van der Waals surface area contributed by atoms with Gasteiger partial charge in [-0.2, -0.15) is 0 Å². The summed E-state index contributed by atoms with van der Waals surface area (Å²) in [6, 6.07) is 10.2. The minimum atomic E-state index is 0.700. The average Bonchev–Trinajstić information content (AvgIpc) is 2.63. The van der Waals surface area contributed by atoms with Gasteiger partial charge in [0.1, 0.15) is 5.75 Å². The van der Waals surface area contributed by atoms with Crippen molar-refractivity contribution in [3.63, 3.8) is 0 Å². The third kappa shape index (κ3) is 4.66. The largest absolute Gasteiger partial charge is 0.497 e. The minimum absolute atomic E-state index is 0.700. The summed E-state index contributed by atoms with van der Waals surface area (Å²) in [5.74, 6) is 2.35. The molecule has 3 rings (SSSR count). The van der Waals surface area contributed by atoms with Crippen molar-refractivity contribution in [2.75, 3.05) is 32.1 Å². The molecule has 1 fully saturated rings. The Kier molecular flexibility index (Phi) is 5.42. The van der Waals surface area contributed by atoms with Gasteiger partial charge in [0.25, 0.3) is 0 Å². The summed E-state index contributed by atoms with van der Waals surface area (Å²) >= 11 is 0. The second-order valence-corrected chi connectivity index (χ2v) is 6.02. The first-order chi connectivity index (χ1) is 11.3. The normalized spacial score (nSPS) is 16.2. The van der Waals surface area contributed by atoms with Gasteiger partial charge in [-0.15, -0.1) is 0 Å². The third-order valence-electron chi connectivity index (χ3n) is 4.39. The Bertz CT molecular complexity index is 580. The molecule has 0 radical (unpaired) electrons. The molecule has 0 aliphatic carbocycles. The number of methoxy groups -OCH3 is 1. The molecule has 0 atom stereocenters. The van der Waals surface area contributed by atoms with Crippen LogP contribution in [0.5, 0.6) is 5.75 Å². The molecule has 1 N–H and O–H groups in total. The van der Waals surface area contributed by atoms with Crippen LogP contribution in [-0.2, 0) is 6.54 Å². The molecule has 5 nitrogen and oxygen atoms in total. The lowest BCUT2D eigenvalue weighted by atomic mass is 9.96. The van der Waals surface area contributed by atoms with Gasteiger partial charge in [-0.1, -0.05) is 12.1 Å². The van der Waals surface area contributed by atoms with E-state index in [4.69, 9.17) is 4.74 Å². The Labute approximate surface area is 137 Å². The number of likely N-dealkylation sites (tertiary alicyclic amines) is 1. The maximum absolute atomic E-state index is 5.21. The number of nitrogens with zero attached hydrogens (tertiary/aromatic N) is 3. The van der Waals surface area contributed by atoms with Crippen molar-refractivity contribution in [2.24, 2.45) is 5.92 Å². The Morgan fingerprint density at radius 1 is 1.13 bits per heavy atom. The van der Waals surface area contributed by atoms with Gasteiger partial charge >= 0.3 is 0 Å². The zero-order valence-electron chi connectivity index (χ0n) is 13.6. The highest BCUT2D eigenvalue weighted by molar-refractivity contribution is 5.27. The Morgan fingerprint density at radius 3 is 2.48 bits per heavy atom. The van der Waals surface area contributed by atoms with Crippen LogP contribution in [0.4, 0.5) is 5.95 Å². The fourth-order valence-corrected chi connectivity index (χ4v) is 2.96. The van der Waals surface area contributed by atoms with Crippen molar-refractivity contribution in [2.45, 2.75) is 19.4 Å². The molecule has 1 aliphatic heterocycles. The molecule has 122 valence electrons. The summed E-state index contributed by atoms with van der Waals surface area (Å²) in [6.45, 7) is 4.27. The first-order valence-corrected chi connectivity index (χ1v) is 8.19. The lowest BCUT2D eigenvalue weighted by Crippen LogP contribution is -2.35. The molecular weight excluding hydrogens is 288 g/mol. The van der Waals surface area contributed by atoms with E-state index in [0.29, 0.717) is 5.92 Å². The summed E-state index contributed by atoms with van der Waals surface area (Å²) in [5, 5.41) is 3.34. The summed E-state index contributed by atoms with van der Waals surface area (Å²) < 4.78 is 5.21. The molecule has 0 bridgehead atoms. The lowest BCUT2D eigenvalue weighted by molar-refractivity contribution is 0.182. The zero-order chi connectivity index (χ0) is 15.9. The second kappa shape index (κ2) is 7.92. The van der Waals surface area contributed by atoms with Crippen LogP contribution >= 0.6 is 0 Å². The maximum atomic E-state index is 5.21. The van der Waals surface area contributed by atoms with Gasteiger partial charge in [0.2, 0.25) is 5.95 Å². The quantitative estimate of drug-likeness (QED) is 0.889. The molecule has 2 aromatic rings. The van der Waals surface area contributed by atoms with E-state index in [-0.39, 0.29) is 0 Å². The summed E-state index contributed by atoms with van der Waals surface area (Å²) in [4.78, 5) is 10.9. The fraction of sp³-hybridized carbons (Fsp3) is 0.444. The van der Waals surface area contributed by atoms with Crippen molar-refractivity contribution in [3.05, 3.63) is 48.3 Å². The van der Waals surface area contributed by atoms with Gasteiger partial charge in [0.15, 0.2) is 0 Å². The molecule has 1 saturated heterocycles. The summed E-state index contributed by atoms with van der Waals surface area (Å²) in [7, 11) is 1.70. The van der Waals surface area contributed by atoms with Crippen LogP contribution in [0.25, 0.3) is 0 Å². The Morgan fingerprint density at radius 2 is 1.83 bits per heavy atom. The monoisotopic (exact) mass is 312 g/mol. The molecule has 0 unspecified atom stereocenters. The number of ether oxygens (including phenoxy) is 1. The average molecular weight is 312 g/mol. The topological polar surface area (TPSA) is 50.3 Å². The number of anilines is 1. The number of hydrogen-bond acceptors (Lipinski definition) is 5. The highest BCUT2D eigenvalue weighted by atomic mass is 16.5. The number of nitrogens with one attached hydrogen (secondary N) is 1. The Hall–Kier alpha value is -2.14. The smallest absolute Gasteiger partial charge is 0.222 e. The highest BCUT2D eigenvalue weighted by Gasteiger charge is 2.19. The van der Waals surface area contributed by atoms with Gasteiger partial charge in [-0.3, -0.25) is 4.90 Å². The van der Waals surface area contributed by atoms with Gasteiger partial charge in [-0.25, -0.2) is 9.97 Å². The van der Waals surface area contributed by atoms with E-state index in [1.807, 2.05) is 18.2 Å². The SMILES string of the molecule is COc1ccc(CN2CCC(CNc3ncccn3)CC2)cc1. The number of benzene rings is 1. The van der Waals surface area contributed by atoms with E-state index in [1.54, 1.807) is 19.5 Å². The molecule has 0 saturated carbocycles. The van der Waals surface area contributed by atoms with Gasteiger partial charge < -0.3 is 10.1 Å². The predicted octanol–water partition coefficient (Wildman–Crippen LogP) is 2.81. The van der Waals surface area contributed by atoms with E-state index in [1.165, 1.54) is 18.4 Å². The van der Waals surface area contributed by atoms with Crippen molar-refractivity contribution in [1.29, 1.82) is 0 Å². The van der Waals surface area contributed by atoms with Crippen molar-refractivity contribution in [3.8, 4) is 5.75 Å². The molecule has 1 aromatic heterocycles. The van der Waals surface area contributed by atoms with E-state index < -0.39 is 0 Å². The molecule has 1 aliphatic rings. The van der Waals surface area contributed by atoms with Crippen molar-refractivity contribution >= 4 is 5.95 Å². The van der Waals surface area contributed by atoms with Crippen LogP contribution in [0.3, 0.4) is 0 Å². The van der Waals surface area contributed by atoms with E-state index >= 15 is 0 Å². The van der Waals surface area contributed by atoms with E-state index in [9.17, 15) is 0 Å². The third-order valence-corrected chi connectivity index (χ3v) is 4.39. The maximum Gasteiger partial charge on any atom is 0.222 e. The number of rotatable bonds is 6. The molecule has 5 heteroatoms. The van der Waals surface area contributed by atoms with Crippen LogP contribution in [0.1, 0.15) is 18.4 Å². The van der Waals surface area contributed by atoms with Crippen LogP contribution in [0.15, 0.2) is 42.7 Å². The highest BCUT2D eigenvalue weighted by Crippen LogP contribution is 2.20. The minimum Gasteiger partial charge on any atom is -0.497 e. The summed E-state index contributed by atoms with van der Waals surface area (Å²) in [5.41, 5.74) is 1.35. The van der Waals surface area contributed by atoms with Crippen LogP contribution in [0, 0.1) is 5.92 Å². The molecule has 0 amide bonds. The second-order valence-electron chi connectivity index (χ2n) is 6.02. The first kappa shape index (κ1) is 15.7. The van der Waals surface area contributed by atoms with Gasteiger partial charge in [-0.05, 0) is 55.6 Å².